The number of hydrogen-bond acceptors (Lipinski definition) is 3. The number of rotatable bonds is 4. The lowest BCUT2D eigenvalue weighted by atomic mass is 10.2. The van der Waals surface area contributed by atoms with Crippen molar-refractivity contribution in [3.8, 4) is 0 Å². The van der Waals surface area contributed by atoms with Crippen LogP contribution in [-0.4, -0.2) is 18.0 Å². The zero-order valence-corrected chi connectivity index (χ0v) is 8.92. The van der Waals surface area contributed by atoms with Crippen LogP contribution in [0, 0.1) is 6.92 Å². The number of hydrogen-bond donors (Lipinski definition) is 1. The SMILES string of the molecule is Cc1oc(CN(C)C2CC2)cc1CN. The van der Waals surface area contributed by atoms with Gasteiger partial charge in [-0.15, -0.1) is 0 Å². The number of nitrogens with zero attached hydrogens (tertiary/aromatic N) is 1. The van der Waals surface area contributed by atoms with Crippen molar-refractivity contribution in [3.05, 3.63) is 23.2 Å². The molecule has 1 aliphatic carbocycles. The molecule has 0 saturated heterocycles. The molecule has 1 aromatic rings. The maximum atomic E-state index is 5.63. The van der Waals surface area contributed by atoms with E-state index in [0.717, 1.165) is 29.7 Å². The second-order valence-electron chi connectivity index (χ2n) is 4.14. The highest BCUT2D eigenvalue weighted by molar-refractivity contribution is 5.20. The molecule has 1 heterocycles. The van der Waals surface area contributed by atoms with Crippen molar-refractivity contribution >= 4 is 0 Å². The number of furan rings is 1. The van der Waals surface area contributed by atoms with Gasteiger partial charge < -0.3 is 10.2 Å². The Morgan fingerprint density at radius 3 is 2.79 bits per heavy atom. The standard InChI is InChI=1S/C11H18N2O/c1-8-9(6-12)5-11(14-8)7-13(2)10-3-4-10/h5,10H,3-4,6-7,12H2,1-2H3. The van der Waals surface area contributed by atoms with Crippen LogP contribution in [0.2, 0.25) is 0 Å². The molecule has 2 rings (SSSR count). The van der Waals surface area contributed by atoms with Gasteiger partial charge >= 0.3 is 0 Å². The molecule has 1 aliphatic rings. The molecule has 0 aromatic carbocycles. The van der Waals surface area contributed by atoms with E-state index in [9.17, 15) is 0 Å². The second kappa shape index (κ2) is 3.75. The van der Waals surface area contributed by atoms with Crippen LogP contribution in [0.25, 0.3) is 0 Å². The van der Waals surface area contributed by atoms with Gasteiger partial charge in [-0.3, -0.25) is 4.90 Å². The van der Waals surface area contributed by atoms with Crippen LogP contribution in [0.4, 0.5) is 0 Å². The first-order chi connectivity index (χ1) is 6.70. The minimum absolute atomic E-state index is 0.572. The lowest BCUT2D eigenvalue weighted by molar-refractivity contribution is 0.283. The van der Waals surface area contributed by atoms with Gasteiger partial charge in [-0.1, -0.05) is 0 Å². The fraction of sp³-hybridized carbons (Fsp3) is 0.636. The summed E-state index contributed by atoms with van der Waals surface area (Å²) in [6.45, 7) is 3.46. The Balaban J connectivity index is 2.01. The largest absolute Gasteiger partial charge is 0.465 e. The van der Waals surface area contributed by atoms with Crippen molar-refractivity contribution in [2.45, 2.75) is 38.9 Å². The van der Waals surface area contributed by atoms with Crippen LogP contribution in [-0.2, 0) is 13.1 Å². The Morgan fingerprint density at radius 2 is 2.29 bits per heavy atom. The molecule has 0 aliphatic heterocycles. The summed E-state index contributed by atoms with van der Waals surface area (Å²) in [5, 5.41) is 0. The molecule has 1 aromatic heterocycles. The molecule has 0 amide bonds. The molecule has 2 N–H and O–H groups in total. The molecule has 0 atom stereocenters. The summed E-state index contributed by atoms with van der Waals surface area (Å²) >= 11 is 0. The van der Waals surface area contributed by atoms with Gasteiger partial charge in [0.1, 0.15) is 11.5 Å². The van der Waals surface area contributed by atoms with Gasteiger partial charge in [-0.05, 0) is 32.9 Å². The Hall–Kier alpha value is -0.800. The summed E-state index contributed by atoms with van der Waals surface area (Å²) in [5.41, 5.74) is 6.72. The molecule has 0 radical (unpaired) electrons. The number of aryl methyl sites for hydroxylation is 1. The molecule has 3 heteroatoms. The lowest BCUT2D eigenvalue weighted by Gasteiger charge is -2.12. The van der Waals surface area contributed by atoms with Gasteiger partial charge in [0, 0.05) is 18.2 Å². The second-order valence-corrected chi connectivity index (χ2v) is 4.14. The third-order valence-electron chi connectivity index (χ3n) is 2.87. The van der Waals surface area contributed by atoms with Gasteiger partial charge in [0.15, 0.2) is 0 Å². The van der Waals surface area contributed by atoms with E-state index in [4.69, 9.17) is 10.2 Å². The highest BCUT2D eigenvalue weighted by atomic mass is 16.3. The Kier molecular flexibility index (Phi) is 2.61. The van der Waals surface area contributed by atoms with E-state index in [1.165, 1.54) is 12.8 Å². The summed E-state index contributed by atoms with van der Waals surface area (Å²) in [6, 6.07) is 2.86. The molecule has 1 fully saturated rings. The van der Waals surface area contributed by atoms with Gasteiger partial charge in [0.05, 0.1) is 6.54 Å². The quantitative estimate of drug-likeness (QED) is 0.792. The van der Waals surface area contributed by atoms with Crippen molar-refractivity contribution in [2.75, 3.05) is 7.05 Å². The van der Waals surface area contributed by atoms with Crippen molar-refractivity contribution in [1.29, 1.82) is 0 Å². The summed E-state index contributed by atoms with van der Waals surface area (Å²) in [4.78, 5) is 2.35. The van der Waals surface area contributed by atoms with Crippen LogP contribution in [0.5, 0.6) is 0 Å². The topological polar surface area (TPSA) is 42.4 Å². The van der Waals surface area contributed by atoms with Gasteiger partial charge in [0.25, 0.3) is 0 Å². The van der Waals surface area contributed by atoms with E-state index in [2.05, 4.69) is 18.0 Å². The van der Waals surface area contributed by atoms with E-state index in [0.29, 0.717) is 6.54 Å². The van der Waals surface area contributed by atoms with E-state index in [-0.39, 0.29) is 0 Å². The molecular weight excluding hydrogens is 176 g/mol. The predicted octanol–water partition coefficient (Wildman–Crippen LogP) is 1.64. The monoisotopic (exact) mass is 194 g/mol. The smallest absolute Gasteiger partial charge is 0.118 e. The van der Waals surface area contributed by atoms with E-state index < -0.39 is 0 Å². The van der Waals surface area contributed by atoms with Crippen molar-refractivity contribution in [3.63, 3.8) is 0 Å². The molecule has 0 bridgehead atoms. The van der Waals surface area contributed by atoms with E-state index in [1.807, 2.05) is 6.92 Å². The first kappa shape index (κ1) is 9.74. The molecular formula is C11H18N2O. The molecule has 0 unspecified atom stereocenters. The van der Waals surface area contributed by atoms with E-state index in [1.54, 1.807) is 0 Å². The summed E-state index contributed by atoms with van der Waals surface area (Å²) in [5.74, 6) is 2.00. The molecule has 14 heavy (non-hydrogen) atoms. The lowest BCUT2D eigenvalue weighted by Crippen LogP contribution is -2.19. The predicted molar refractivity (Wildman–Crippen MR) is 55.8 cm³/mol. The first-order valence-electron chi connectivity index (χ1n) is 5.19. The van der Waals surface area contributed by atoms with Crippen LogP contribution in [0.1, 0.15) is 29.9 Å². The van der Waals surface area contributed by atoms with Crippen LogP contribution < -0.4 is 5.73 Å². The minimum atomic E-state index is 0.572. The molecule has 78 valence electrons. The number of nitrogens with two attached hydrogens (primary N) is 1. The third-order valence-corrected chi connectivity index (χ3v) is 2.87. The highest BCUT2D eigenvalue weighted by Crippen LogP contribution is 2.27. The van der Waals surface area contributed by atoms with Crippen molar-refractivity contribution in [2.24, 2.45) is 5.73 Å². The average molecular weight is 194 g/mol. The average Bonchev–Trinajstić information content (AvgIpc) is 2.92. The fourth-order valence-corrected chi connectivity index (χ4v) is 1.76. The summed E-state index contributed by atoms with van der Waals surface area (Å²) in [6.07, 6.45) is 2.67. The first-order valence-corrected chi connectivity index (χ1v) is 5.19. The maximum absolute atomic E-state index is 5.63. The highest BCUT2D eigenvalue weighted by Gasteiger charge is 2.26. The van der Waals surface area contributed by atoms with Gasteiger partial charge in [-0.2, -0.15) is 0 Å². The fourth-order valence-electron chi connectivity index (χ4n) is 1.76. The third kappa shape index (κ3) is 1.99. The molecule has 0 spiro atoms. The molecule has 1 saturated carbocycles. The van der Waals surface area contributed by atoms with Crippen LogP contribution in [0.3, 0.4) is 0 Å². The normalized spacial score (nSPS) is 16.6. The minimum Gasteiger partial charge on any atom is -0.465 e. The van der Waals surface area contributed by atoms with E-state index >= 15 is 0 Å². The van der Waals surface area contributed by atoms with Crippen LogP contribution >= 0.6 is 0 Å². The molecule has 3 nitrogen and oxygen atoms in total. The van der Waals surface area contributed by atoms with Crippen molar-refractivity contribution in [1.82, 2.24) is 4.90 Å². The van der Waals surface area contributed by atoms with Crippen molar-refractivity contribution < 1.29 is 4.42 Å². The Bertz CT molecular complexity index is 315. The maximum Gasteiger partial charge on any atom is 0.118 e. The van der Waals surface area contributed by atoms with Crippen LogP contribution in [0.15, 0.2) is 10.5 Å². The zero-order valence-electron chi connectivity index (χ0n) is 8.92. The zero-order chi connectivity index (χ0) is 10.1. The van der Waals surface area contributed by atoms with Gasteiger partial charge in [0.2, 0.25) is 0 Å². The summed E-state index contributed by atoms with van der Waals surface area (Å²) in [7, 11) is 2.15. The van der Waals surface area contributed by atoms with Gasteiger partial charge in [-0.25, -0.2) is 0 Å². The Labute approximate surface area is 84.9 Å². The summed E-state index contributed by atoms with van der Waals surface area (Å²) < 4.78 is 5.63. The Morgan fingerprint density at radius 1 is 1.57 bits per heavy atom.